The van der Waals surface area contributed by atoms with Crippen LogP contribution in [-0.4, -0.2) is 5.91 Å². The number of nitriles is 1. The normalized spacial score (nSPS) is 15.8. The van der Waals surface area contributed by atoms with E-state index in [1.54, 1.807) is 0 Å². The molecule has 4 nitrogen and oxygen atoms in total. The van der Waals surface area contributed by atoms with Crippen molar-refractivity contribution in [3.8, 4) is 6.07 Å². The fourth-order valence-electron chi connectivity index (χ4n) is 2.34. The zero-order valence-electron chi connectivity index (χ0n) is 12.1. The molecule has 23 heavy (non-hydrogen) atoms. The Labute approximate surface area is 138 Å². The van der Waals surface area contributed by atoms with Crippen LogP contribution in [-0.2, 0) is 4.79 Å². The molecule has 0 unspecified atom stereocenters. The Bertz CT molecular complexity index is 836. The van der Waals surface area contributed by atoms with Crippen LogP contribution in [0.25, 0.3) is 5.70 Å². The Morgan fingerprint density at radius 3 is 2.22 bits per heavy atom. The van der Waals surface area contributed by atoms with Gasteiger partial charge in [-0.2, -0.15) is 5.26 Å². The Kier molecular flexibility index (Phi) is 4.18. The highest BCUT2D eigenvalue weighted by molar-refractivity contribution is 8.06. The number of primary amides is 1. The molecule has 0 fully saturated rings. The maximum Gasteiger partial charge on any atom is 0.262 e. The van der Waals surface area contributed by atoms with E-state index in [1.165, 1.54) is 11.8 Å². The summed E-state index contributed by atoms with van der Waals surface area (Å²) in [5.74, 6) is -0.723. The largest absolute Gasteiger partial charge is 0.365 e. The van der Waals surface area contributed by atoms with E-state index >= 15 is 0 Å². The van der Waals surface area contributed by atoms with Crippen molar-refractivity contribution in [2.45, 2.75) is 0 Å². The lowest BCUT2D eigenvalue weighted by atomic mass is 10.1. The van der Waals surface area contributed by atoms with E-state index in [2.05, 4.69) is 0 Å². The molecular weight excluding hydrogens is 306 g/mol. The molecule has 0 atom stereocenters. The average Bonchev–Trinajstić information content (AvgIpc) is 3.01. The van der Waals surface area contributed by atoms with Crippen molar-refractivity contribution in [2.75, 3.05) is 4.90 Å². The Morgan fingerprint density at radius 2 is 1.65 bits per heavy atom. The zero-order chi connectivity index (χ0) is 16.2. The van der Waals surface area contributed by atoms with Crippen LogP contribution >= 0.6 is 11.8 Å². The van der Waals surface area contributed by atoms with Gasteiger partial charge in [-0.05, 0) is 17.7 Å². The average molecular weight is 319 g/mol. The molecule has 1 aliphatic heterocycles. The number of nitrogens with zero attached hydrogens (tertiary/aromatic N) is 2. The number of carbonyl (C=O) groups excluding carboxylic acids is 1. The fourth-order valence-corrected chi connectivity index (χ4v) is 3.38. The first-order chi connectivity index (χ1) is 11.2. The molecule has 2 aromatic carbocycles. The molecule has 1 amide bonds. The van der Waals surface area contributed by atoms with E-state index in [9.17, 15) is 10.1 Å². The number of amides is 1. The van der Waals surface area contributed by atoms with Gasteiger partial charge in [0, 0.05) is 11.1 Å². The summed E-state index contributed by atoms with van der Waals surface area (Å²) in [6.07, 6.45) is 0. The first-order valence-corrected chi connectivity index (χ1v) is 7.82. The van der Waals surface area contributed by atoms with E-state index in [-0.39, 0.29) is 5.57 Å². The molecule has 0 bridgehead atoms. The van der Waals surface area contributed by atoms with Crippen LogP contribution in [0.1, 0.15) is 5.56 Å². The van der Waals surface area contributed by atoms with E-state index < -0.39 is 5.91 Å². The van der Waals surface area contributed by atoms with Crippen molar-refractivity contribution in [1.82, 2.24) is 0 Å². The van der Waals surface area contributed by atoms with Gasteiger partial charge in [0.1, 0.15) is 16.7 Å². The van der Waals surface area contributed by atoms with Crippen LogP contribution < -0.4 is 10.6 Å². The van der Waals surface area contributed by atoms with Gasteiger partial charge in [-0.25, -0.2) is 0 Å². The summed E-state index contributed by atoms with van der Waals surface area (Å²) in [6, 6.07) is 21.3. The number of nitrogens with two attached hydrogens (primary N) is 1. The highest BCUT2D eigenvalue weighted by Gasteiger charge is 2.28. The molecule has 1 heterocycles. The predicted octanol–water partition coefficient (Wildman–Crippen LogP) is 3.46. The van der Waals surface area contributed by atoms with Gasteiger partial charge in [0.15, 0.2) is 0 Å². The SMILES string of the molecule is N#CC(C(N)=O)=C1SC=C(c2ccccc2)N1c1ccccc1. The summed E-state index contributed by atoms with van der Waals surface area (Å²) in [6.45, 7) is 0. The van der Waals surface area contributed by atoms with Crippen molar-refractivity contribution in [1.29, 1.82) is 5.26 Å². The summed E-state index contributed by atoms with van der Waals surface area (Å²) in [5, 5.41) is 11.8. The van der Waals surface area contributed by atoms with Crippen LogP contribution in [0.4, 0.5) is 5.69 Å². The minimum atomic E-state index is -0.723. The van der Waals surface area contributed by atoms with E-state index in [4.69, 9.17) is 5.73 Å². The lowest BCUT2D eigenvalue weighted by Gasteiger charge is -2.24. The molecule has 1 aliphatic rings. The van der Waals surface area contributed by atoms with Crippen molar-refractivity contribution >= 4 is 29.1 Å². The molecule has 0 saturated heterocycles. The highest BCUT2D eigenvalue weighted by Crippen LogP contribution is 2.44. The molecule has 0 spiro atoms. The number of hydrogen-bond donors (Lipinski definition) is 1. The van der Waals surface area contributed by atoms with Crippen LogP contribution in [0.2, 0.25) is 0 Å². The minimum Gasteiger partial charge on any atom is -0.365 e. The second kappa shape index (κ2) is 6.42. The first kappa shape index (κ1) is 14.9. The predicted molar refractivity (Wildman–Crippen MR) is 92.8 cm³/mol. The van der Waals surface area contributed by atoms with Gasteiger partial charge in [-0.3, -0.25) is 4.79 Å². The second-order valence-electron chi connectivity index (χ2n) is 4.81. The lowest BCUT2D eigenvalue weighted by molar-refractivity contribution is -0.114. The number of thioether (sulfide) groups is 1. The number of benzene rings is 2. The third-order valence-corrected chi connectivity index (χ3v) is 4.33. The summed E-state index contributed by atoms with van der Waals surface area (Å²) in [5.41, 5.74) is 8.11. The van der Waals surface area contributed by atoms with Crippen molar-refractivity contribution < 1.29 is 4.79 Å². The van der Waals surface area contributed by atoms with Gasteiger partial charge in [0.2, 0.25) is 0 Å². The fraction of sp³-hybridized carbons (Fsp3) is 0. The lowest BCUT2D eigenvalue weighted by Crippen LogP contribution is -2.22. The number of carbonyl (C=O) groups is 1. The van der Waals surface area contributed by atoms with Crippen LogP contribution in [0.3, 0.4) is 0 Å². The third-order valence-electron chi connectivity index (χ3n) is 3.38. The van der Waals surface area contributed by atoms with Crippen molar-refractivity contribution in [3.63, 3.8) is 0 Å². The van der Waals surface area contributed by atoms with Crippen molar-refractivity contribution in [3.05, 3.63) is 82.2 Å². The quantitative estimate of drug-likeness (QED) is 0.695. The molecule has 0 saturated carbocycles. The molecule has 0 radical (unpaired) electrons. The molecule has 2 aromatic rings. The Hall–Kier alpha value is -2.97. The van der Waals surface area contributed by atoms with E-state index in [0.717, 1.165) is 16.9 Å². The van der Waals surface area contributed by atoms with Gasteiger partial charge in [0.05, 0.1) is 5.70 Å². The van der Waals surface area contributed by atoms with Crippen LogP contribution in [0.15, 0.2) is 76.7 Å². The van der Waals surface area contributed by atoms with Gasteiger partial charge < -0.3 is 10.6 Å². The maximum atomic E-state index is 11.6. The van der Waals surface area contributed by atoms with Gasteiger partial charge in [-0.1, -0.05) is 60.3 Å². The Balaban J connectivity index is 2.17. The molecule has 0 aliphatic carbocycles. The number of para-hydroxylation sites is 1. The third kappa shape index (κ3) is 2.85. The summed E-state index contributed by atoms with van der Waals surface area (Å²) >= 11 is 1.33. The Morgan fingerprint density at radius 1 is 1.04 bits per heavy atom. The zero-order valence-corrected chi connectivity index (χ0v) is 13.0. The number of anilines is 1. The van der Waals surface area contributed by atoms with Gasteiger partial charge >= 0.3 is 0 Å². The summed E-state index contributed by atoms with van der Waals surface area (Å²) in [7, 11) is 0. The van der Waals surface area contributed by atoms with Gasteiger partial charge in [-0.15, -0.1) is 0 Å². The van der Waals surface area contributed by atoms with E-state index in [0.29, 0.717) is 5.03 Å². The maximum absolute atomic E-state index is 11.6. The molecule has 5 heteroatoms. The smallest absolute Gasteiger partial charge is 0.262 e. The minimum absolute atomic E-state index is 0.0407. The first-order valence-electron chi connectivity index (χ1n) is 6.94. The second-order valence-corrected chi connectivity index (χ2v) is 5.67. The molecular formula is C18H13N3OS. The van der Waals surface area contributed by atoms with Crippen molar-refractivity contribution in [2.24, 2.45) is 5.73 Å². The number of hydrogen-bond acceptors (Lipinski definition) is 4. The molecule has 112 valence electrons. The topological polar surface area (TPSA) is 70.1 Å². The molecule has 3 rings (SSSR count). The monoisotopic (exact) mass is 319 g/mol. The standard InChI is InChI=1S/C18H13N3OS/c19-11-15(17(20)22)18-21(14-9-5-2-6-10-14)16(12-23-18)13-7-3-1-4-8-13/h1-10,12H,(H2,20,22). The highest BCUT2D eigenvalue weighted by atomic mass is 32.2. The molecule has 2 N–H and O–H groups in total. The molecule has 0 aromatic heterocycles. The van der Waals surface area contributed by atoms with Gasteiger partial charge in [0.25, 0.3) is 5.91 Å². The van der Waals surface area contributed by atoms with Crippen LogP contribution in [0.5, 0.6) is 0 Å². The van der Waals surface area contributed by atoms with Crippen LogP contribution in [0, 0.1) is 11.3 Å². The summed E-state index contributed by atoms with van der Waals surface area (Å²) < 4.78 is 0. The number of rotatable bonds is 3. The summed E-state index contributed by atoms with van der Waals surface area (Å²) in [4.78, 5) is 13.5. The van der Waals surface area contributed by atoms with E-state index in [1.807, 2.05) is 77.0 Å².